The molecule has 1 fully saturated rings. The summed E-state index contributed by atoms with van der Waals surface area (Å²) in [5.41, 5.74) is 1.16. The summed E-state index contributed by atoms with van der Waals surface area (Å²) in [6.45, 7) is 1.82. The zero-order chi connectivity index (χ0) is 18.7. The van der Waals surface area contributed by atoms with Crippen molar-refractivity contribution >= 4 is 28.1 Å². The number of aromatic nitrogens is 1. The lowest BCUT2D eigenvalue weighted by Crippen LogP contribution is -2.42. The minimum absolute atomic E-state index is 0.00396. The largest absolute Gasteiger partial charge is 0.481 e. The topological polar surface area (TPSA) is 101 Å². The third-order valence-electron chi connectivity index (χ3n) is 4.39. The van der Waals surface area contributed by atoms with Gasteiger partial charge < -0.3 is 9.63 Å². The van der Waals surface area contributed by atoms with Crippen LogP contribution in [0.5, 0.6) is 0 Å². The molecule has 2 aromatic rings. The van der Waals surface area contributed by atoms with E-state index < -0.39 is 21.9 Å². The first-order valence-electron chi connectivity index (χ1n) is 8.32. The molecule has 1 N–H and O–H groups in total. The Morgan fingerprint density at radius 3 is 2.73 bits per heavy atom. The second-order valence-electron chi connectivity index (χ2n) is 6.25. The van der Waals surface area contributed by atoms with Crippen molar-refractivity contribution in [2.75, 3.05) is 13.1 Å². The Bertz CT molecular complexity index is 918. The Kier molecular flexibility index (Phi) is 5.24. The Hall–Kier alpha value is -2.45. The predicted octanol–water partition coefficient (Wildman–Crippen LogP) is 2.64. The Morgan fingerprint density at radius 1 is 1.31 bits per heavy atom. The number of rotatable bonds is 5. The standard InChI is InChI=1S/C18H20N2O5S/c1-13-17(16(25-19-13)10-9-14-6-3-2-4-7-14)26(23,24)20-11-5-8-15(12-20)18(21)22/h2-4,6-7,9-10,15H,5,8,11-12H2,1H3,(H,21,22). The molecule has 0 bridgehead atoms. The molecule has 1 aromatic carbocycles. The van der Waals surface area contributed by atoms with E-state index in [2.05, 4.69) is 5.16 Å². The van der Waals surface area contributed by atoms with Gasteiger partial charge in [0.2, 0.25) is 10.0 Å². The van der Waals surface area contributed by atoms with Gasteiger partial charge in [-0.15, -0.1) is 0 Å². The fraction of sp³-hybridized carbons (Fsp3) is 0.333. The molecular formula is C18H20N2O5S. The van der Waals surface area contributed by atoms with Crippen LogP contribution in [-0.2, 0) is 14.8 Å². The maximum absolute atomic E-state index is 13.1. The van der Waals surface area contributed by atoms with E-state index >= 15 is 0 Å². The zero-order valence-electron chi connectivity index (χ0n) is 14.3. The Labute approximate surface area is 152 Å². The fourth-order valence-electron chi connectivity index (χ4n) is 3.03. The average molecular weight is 376 g/mol. The van der Waals surface area contributed by atoms with Crippen LogP contribution in [0.1, 0.15) is 29.9 Å². The van der Waals surface area contributed by atoms with Gasteiger partial charge in [0.05, 0.1) is 5.92 Å². The van der Waals surface area contributed by atoms with E-state index in [0.29, 0.717) is 19.4 Å². The highest BCUT2D eigenvalue weighted by molar-refractivity contribution is 7.89. The van der Waals surface area contributed by atoms with Crippen molar-refractivity contribution in [1.82, 2.24) is 9.46 Å². The zero-order valence-corrected chi connectivity index (χ0v) is 15.1. The van der Waals surface area contributed by atoms with Crippen LogP contribution in [0.25, 0.3) is 12.2 Å². The van der Waals surface area contributed by atoms with Gasteiger partial charge in [-0.25, -0.2) is 8.42 Å². The van der Waals surface area contributed by atoms with Gasteiger partial charge in [-0.05, 0) is 31.4 Å². The molecule has 1 aliphatic rings. The number of sulfonamides is 1. The molecule has 0 spiro atoms. The van der Waals surface area contributed by atoms with Crippen LogP contribution in [0, 0.1) is 12.8 Å². The maximum atomic E-state index is 13.1. The van der Waals surface area contributed by atoms with Gasteiger partial charge in [-0.1, -0.05) is 41.6 Å². The van der Waals surface area contributed by atoms with Gasteiger partial charge in [0.15, 0.2) is 10.7 Å². The highest BCUT2D eigenvalue weighted by Gasteiger charge is 2.36. The molecule has 0 aliphatic carbocycles. The second-order valence-corrected chi connectivity index (χ2v) is 8.12. The minimum atomic E-state index is -3.89. The average Bonchev–Trinajstić information content (AvgIpc) is 3.02. The number of hydrogen-bond acceptors (Lipinski definition) is 5. The van der Waals surface area contributed by atoms with E-state index in [0.717, 1.165) is 5.56 Å². The summed E-state index contributed by atoms with van der Waals surface area (Å²) in [4.78, 5) is 11.2. The van der Waals surface area contributed by atoms with Gasteiger partial charge in [-0.3, -0.25) is 4.79 Å². The van der Waals surface area contributed by atoms with Crippen LogP contribution in [0.3, 0.4) is 0 Å². The summed E-state index contributed by atoms with van der Waals surface area (Å²) in [6.07, 6.45) is 4.30. The number of benzene rings is 1. The summed E-state index contributed by atoms with van der Waals surface area (Å²) in [6, 6.07) is 9.42. The Balaban J connectivity index is 1.92. The summed E-state index contributed by atoms with van der Waals surface area (Å²) in [5, 5.41) is 13.0. The number of aryl methyl sites for hydroxylation is 1. The van der Waals surface area contributed by atoms with Crippen LogP contribution in [0.2, 0.25) is 0 Å². The van der Waals surface area contributed by atoms with E-state index in [-0.39, 0.29) is 22.9 Å². The van der Waals surface area contributed by atoms with Crippen molar-refractivity contribution in [1.29, 1.82) is 0 Å². The van der Waals surface area contributed by atoms with Crippen LogP contribution in [-0.4, -0.2) is 42.0 Å². The summed E-state index contributed by atoms with van der Waals surface area (Å²) in [7, 11) is -3.89. The van der Waals surface area contributed by atoms with Gasteiger partial charge >= 0.3 is 5.97 Å². The highest BCUT2D eigenvalue weighted by Crippen LogP contribution is 2.29. The first-order chi connectivity index (χ1) is 12.4. The minimum Gasteiger partial charge on any atom is -0.481 e. The molecule has 7 nitrogen and oxygen atoms in total. The van der Waals surface area contributed by atoms with Crippen molar-refractivity contribution in [2.45, 2.75) is 24.7 Å². The summed E-state index contributed by atoms with van der Waals surface area (Å²) < 4.78 is 32.6. The number of nitrogens with zero attached hydrogens (tertiary/aromatic N) is 2. The van der Waals surface area contributed by atoms with Gasteiger partial charge in [-0.2, -0.15) is 4.31 Å². The van der Waals surface area contributed by atoms with Gasteiger partial charge in [0.1, 0.15) is 5.69 Å². The van der Waals surface area contributed by atoms with Crippen molar-refractivity contribution in [3.05, 3.63) is 47.3 Å². The van der Waals surface area contributed by atoms with E-state index in [4.69, 9.17) is 4.52 Å². The van der Waals surface area contributed by atoms with Crippen LogP contribution in [0.4, 0.5) is 0 Å². The number of aliphatic carboxylic acids is 1. The first kappa shape index (κ1) is 18.3. The SMILES string of the molecule is Cc1noc(C=Cc2ccccc2)c1S(=O)(=O)N1CCCC(C(=O)O)C1. The molecule has 2 heterocycles. The first-order valence-corrected chi connectivity index (χ1v) is 9.76. The molecule has 138 valence electrons. The molecule has 1 atom stereocenters. The molecule has 3 rings (SSSR count). The normalized spacial score (nSPS) is 19.0. The van der Waals surface area contributed by atoms with Crippen molar-refractivity contribution in [3.63, 3.8) is 0 Å². The van der Waals surface area contributed by atoms with Crippen LogP contribution < -0.4 is 0 Å². The van der Waals surface area contributed by atoms with Crippen molar-refractivity contribution in [2.24, 2.45) is 5.92 Å². The molecular weight excluding hydrogens is 356 g/mol. The predicted molar refractivity (Wildman–Crippen MR) is 95.7 cm³/mol. The molecule has 1 aromatic heterocycles. The second kappa shape index (κ2) is 7.43. The van der Waals surface area contributed by atoms with Crippen molar-refractivity contribution < 1.29 is 22.8 Å². The number of piperidine rings is 1. The molecule has 1 saturated heterocycles. The van der Waals surface area contributed by atoms with Gasteiger partial charge in [0, 0.05) is 13.1 Å². The Morgan fingerprint density at radius 2 is 2.04 bits per heavy atom. The maximum Gasteiger partial charge on any atom is 0.307 e. The number of carboxylic acids is 1. The fourth-order valence-corrected chi connectivity index (χ4v) is 4.80. The molecule has 26 heavy (non-hydrogen) atoms. The quantitative estimate of drug-likeness (QED) is 0.861. The lowest BCUT2D eigenvalue weighted by molar-refractivity contribution is -0.142. The van der Waals surface area contributed by atoms with Crippen LogP contribution >= 0.6 is 0 Å². The number of hydrogen-bond donors (Lipinski definition) is 1. The smallest absolute Gasteiger partial charge is 0.307 e. The molecule has 0 amide bonds. The van der Waals surface area contributed by atoms with E-state index in [1.165, 1.54) is 4.31 Å². The summed E-state index contributed by atoms with van der Waals surface area (Å²) in [5.74, 6) is -1.53. The third-order valence-corrected chi connectivity index (χ3v) is 6.42. The van der Waals surface area contributed by atoms with Gasteiger partial charge in [0.25, 0.3) is 0 Å². The highest BCUT2D eigenvalue weighted by atomic mass is 32.2. The molecule has 1 unspecified atom stereocenters. The van der Waals surface area contributed by atoms with Crippen LogP contribution in [0.15, 0.2) is 39.8 Å². The third kappa shape index (κ3) is 3.71. The summed E-state index contributed by atoms with van der Waals surface area (Å²) >= 11 is 0. The van der Waals surface area contributed by atoms with E-state index in [9.17, 15) is 18.3 Å². The van der Waals surface area contributed by atoms with E-state index in [1.54, 1.807) is 19.1 Å². The van der Waals surface area contributed by atoms with E-state index in [1.807, 2.05) is 30.3 Å². The molecule has 8 heteroatoms. The molecule has 1 aliphatic heterocycles. The number of carbonyl (C=O) groups is 1. The monoisotopic (exact) mass is 376 g/mol. The molecule has 0 radical (unpaired) electrons. The lowest BCUT2D eigenvalue weighted by atomic mass is 10.0. The number of carboxylic acid groups (broad SMARTS) is 1. The molecule has 0 saturated carbocycles. The lowest BCUT2D eigenvalue weighted by Gasteiger charge is -2.29. The van der Waals surface area contributed by atoms with Crippen molar-refractivity contribution in [3.8, 4) is 0 Å².